The zero-order chi connectivity index (χ0) is 4.99. The van der Waals surface area contributed by atoms with Crippen LogP contribution in [0, 0.1) is 0 Å². The van der Waals surface area contributed by atoms with Gasteiger partial charge in [-0.05, 0) is 6.92 Å². The lowest BCUT2D eigenvalue weighted by Gasteiger charge is -1.87. The predicted molar refractivity (Wildman–Crippen MR) is 28.9 cm³/mol. The summed E-state index contributed by atoms with van der Waals surface area (Å²) in [4.78, 5) is 9.49. The molecule has 0 aliphatic carbocycles. The summed E-state index contributed by atoms with van der Waals surface area (Å²) >= 11 is 0. The third-order valence-electron chi connectivity index (χ3n) is 0.328. The van der Waals surface area contributed by atoms with E-state index < -0.39 is 6.09 Å². The first kappa shape index (κ1) is 9.75. The van der Waals surface area contributed by atoms with Gasteiger partial charge in [-0.15, -0.1) is 12.4 Å². The standard InChI is InChI=1S/C3H7NO2.ClH/c1-2-4-3(5)6;/h4H,2H2,1H3,(H,5,6);1H. The van der Waals surface area contributed by atoms with Crippen LogP contribution >= 0.6 is 12.4 Å². The van der Waals surface area contributed by atoms with E-state index in [2.05, 4.69) is 5.32 Å². The van der Waals surface area contributed by atoms with Gasteiger partial charge in [-0.25, -0.2) is 4.79 Å². The normalized spacial score (nSPS) is 6.43. The van der Waals surface area contributed by atoms with E-state index in [-0.39, 0.29) is 12.4 Å². The van der Waals surface area contributed by atoms with Gasteiger partial charge in [0, 0.05) is 6.54 Å². The Balaban J connectivity index is 0. The Hall–Kier alpha value is -0.440. The third-order valence-corrected chi connectivity index (χ3v) is 0.328. The fourth-order valence-electron chi connectivity index (χ4n) is 0.151. The average molecular weight is 126 g/mol. The van der Waals surface area contributed by atoms with Gasteiger partial charge in [0.25, 0.3) is 0 Å². The van der Waals surface area contributed by atoms with E-state index >= 15 is 0 Å². The molecule has 0 radical (unpaired) electrons. The first-order valence-corrected chi connectivity index (χ1v) is 1.74. The molecule has 0 fully saturated rings. The van der Waals surface area contributed by atoms with Crippen molar-refractivity contribution in [1.29, 1.82) is 0 Å². The van der Waals surface area contributed by atoms with Gasteiger partial charge in [-0.1, -0.05) is 0 Å². The van der Waals surface area contributed by atoms with E-state index in [1.165, 1.54) is 0 Å². The smallest absolute Gasteiger partial charge is 0.404 e. The van der Waals surface area contributed by atoms with Crippen molar-refractivity contribution in [1.82, 2.24) is 5.32 Å². The Morgan fingerprint density at radius 2 is 2.29 bits per heavy atom. The number of rotatable bonds is 1. The van der Waals surface area contributed by atoms with Crippen LogP contribution in [0.2, 0.25) is 0 Å². The summed E-state index contributed by atoms with van der Waals surface area (Å²) < 4.78 is 0. The van der Waals surface area contributed by atoms with Crippen molar-refractivity contribution in [3.8, 4) is 0 Å². The zero-order valence-corrected chi connectivity index (χ0v) is 4.79. The molecule has 0 aliphatic rings. The SMILES string of the molecule is CCNC(=O)O.Cl. The molecule has 0 saturated carbocycles. The minimum absolute atomic E-state index is 0. The minimum Gasteiger partial charge on any atom is -0.465 e. The van der Waals surface area contributed by atoms with Crippen molar-refractivity contribution < 1.29 is 9.90 Å². The maximum Gasteiger partial charge on any atom is 0.404 e. The maximum absolute atomic E-state index is 9.49. The molecule has 0 aromatic heterocycles. The van der Waals surface area contributed by atoms with E-state index in [9.17, 15) is 4.79 Å². The summed E-state index contributed by atoms with van der Waals surface area (Å²) in [7, 11) is 0. The lowest BCUT2D eigenvalue weighted by Crippen LogP contribution is -2.19. The van der Waals surface area contributed by atoms with Crippen molar-refractivity contribution in [2.45, 2.75) is 6.92 Å². The molecular formula is C3H8ClNO2. The molecule has 0 aromatic carbocycles. The molecule has 0 spiro atoms. The molecule has 0 bridgehead atoms. The molecule has 7 heavy (non-hydrogen) atoms. The fraction of sp³-hybridized carbons (Fsp3) is 0.667. The molecule has 0 aliphatic heterocycles. The molecule has 2 N–H and O–H groups in total. The van der Waals surface area contributed by atoms with Gasteiger partial charge in [-0.3, -0.25) is 0 Å². The highest BCUT2D eigenvalue weighted by molar-refractivity contribution is 5.85. The quantitative estimate of drug-likeness (QED) is 0.542. The van der Waals surface area contributed by atoms with Crippen LogP contribution in [0.25, 0.3) is 0 Å². The molecule has 0 heterocycles. The Morgan fingerprint density at radius 1 is 1.86 bits per heavy atom. The summed E-state index contributed by atoms with van der Waals surface area (Å²) in [6.07, 6.45) is -0.961. The zero-order valence-electron chi connectivity index (χ0n) is 3.97. The first-order chi connectivity index (χ1) is 2.77. The second-order valence-electron chi connectivity index (χ2n) is 0.835. The predicted octanol–water partition coefficient (Wildman–Crippen LogP) is 0.696. The summed E-state index contributed by atoms with van der Waals surface area (Å²) in [6, 6.07) is 0. The van der Waals surface area contributed by atoms with E-state index in [1.54, 1.807) is 6.92 Å². The van der Waals surface area contributed by atoms with Crippen molar-refractivity contribution in [3.05, 3.63) is 0 Å². The molecule has 0 rings (SSSR count). The van der Waals surface area contributed by atoms with Gasteiger partial charge in [0.2, 0.25) is 0 Å². The van der Waals surface area contributed by atoms with E-state index in [0.29, 0.717) is 6.54 Å². The summed E-state index contributed by atoms with van der Waals surface area (Å²) in [5.41, 5.74) is 0. The molecule has 0 unspecified atom stereocenters. The molecule has 3 nitrogen and oxygen atoms in total. The van der Waals surface area contributed by atoms with Crippen LogP contribution in [0.4, 0.5) is 4.79 Å². The molecule has 1 amide bonds. The topological polar surface area (TPSA) is 49.3 Å². The Bertz CT molecular complexity index is 56.9. The van der Waals surface area contributed by atoms with Crippen molar-refractivity contribution in [2.75, 3.05) is 6.54 Å². The molecule has 44 valence electrons. The molecule has 4 heteroatoms. The van der Waals surface area contributed by atoms with Crippen LogP contribution < -0.4 is 5.32 Å². The van der Waals surface area contributed by atoms with Gasteiger partial charge < -0.3 is 10.4 Å². The van der Waals surface area contributed by atoms with Gasteiger partial charge in [0.1, 0.15) is 0 Å². The van der Waals surface area contributed by atoms with Gasteiger partial charge in [0.05, 0.1) is 0 Å². The number of nitrogens with one attached hydrogen (secondary N) is 1. The Morgan fingerprint density at radius 3 is 2.29 bits per heavy atom. The van der Waals surface area contributed by atoms with Crippen LogP contribution in [-0.4, -0.2) is 17.7 Å². The molecule has 0 saturated heterocycles. The highest BCUT2D eigenvalue weighted by atomic mass is 35.5. The molecular weight excluding hydrogens is 117 g/mol. The second-order valence-corrected chi connectivity index (χ2v) is 0.835. The van der Waals surface area contributed by atoms with E-state index in [4.69, 9.17) is 5.11 Å². The first-order valence-electron chi connectivity index (χ1n) is 1.74. The summed E-state index contributed by atoms with van der Waals surface area (Å²) in [6.45, 7) is 2.21. The third kappa shape index (κ3) is 10.8. The van der Waals surface area contributed by atoms with E-state index in [0.717, 1.165) is 0 Å². The molecule has 0 aromatic rings. The van der Waals surface area contributed by atoms with Crippen molar-refractivity contribution >= 4 is 18.5 Å². The van der Waals surface area contributed by atoms with Crippen molar-refractivity contribution in [3.63, 3.8) is 0 Å². The van der Waals surface area contributed by atoms with Gasteiger partial charge >= 0.3 is 6.09 Å². The highest BCUT2D eigenvalue weighted by Crippen LogP contribution is 1.54. The number of hydrogen-bond donors (Lipinski definition) is 2. The number of carboxylic acid groups (broad SMARTS) is 1. The number of carbonyl (C=O) groups is 1. The van der Waals surface area contributed by atoms with Gasteiger partial charge in [-0.2, -0.15) is 0 Å². The van der Waals surface area contributed by atoms with E-state index in [1.807, 2.05) is 0 Å². The minimum atomic E-state index is -0.961. The fourth-order valence-corrected chi connectivity index (χ4v) is 0.151. The van der Waals surface area contributed by atoms with Crippen LogP contribution in [0.5, 0.6) is 0 Å². The van der Waals surface area contributed by atoms with Crippen LogP contribution in [-0.2, 0) is 0 Å². The highest BCUT2D eigenvalue weighted by Gasteiger charge is 1.82. The summed E-state index contributed by atoms with van der Waals surface area (Å²) in [5, 5.41) is 9.93. The van der Waals surface area contributed by atoms with Crippen LogP contribution in [0.1, 0.15) is 6.92 Å². The molecule has 0 atom stereocenters. The Kier molecular flexibility index (Phi) is 7.75. The lowest BCUT2D eigenvalue weighted by atomic mass is 10.8. The second kappa shape index (κ2) is 5.56. The maximum atomic E-state index is 9.49. The monoisotopic (exact) mass is 125 g/mol. The number of hydrogen-bond acceptors (Lipinski definition) is 1. The van der Waals surface area contributed by atoms with Crippen molar-refractivity contribution in [2.24, 2.45) is 0 Å². The lowest BCUT2D eigenvalue weighted by molar-refractivity contribution is 0.195. The van der Waals surface area contributed by atoms with Crippen LogP contribution in [0.3, 0.4) is 0 Å². The number of halogens is 1. The Labute approximate surface area is 48.1 Å². The largest absolute Gasteiger partial charge is 0.465 e. The summed E-state index contributed by atoms with van der Waals surface area (Å²) in [5.74, 6) is 0. The van der Waals surface area contributed by atoms with Gasteiger partial charge in [0.15, 0.2) is 0 Å². The average Bonchev–Trinajstić information content (AvgIpc) is 1.35. The number of amides is 1. The van der Waals surface area contributed by atoms with Crippen LogP contribution in [0.15, 0.2) is 0 Å².